The highest BCUT2D eigenvalue weighted by Crippen LogP contribution is 2.18. The van der Waals surface area contributed by atoms with Crippen molar-refractivity contribution in [2.75, 3.05) is 26.3 Å². The smallest absolute Gasteiger partial charge is 0.0510 e. The minimum Gasteiger partial charge on any atom is -0.289 e. The molecule has 1 saturated heterocycles. The summed E-state index contributed by atoms with van der Waals surface area (Å²) in [5.41, 5.74) is 0. The summed E-state index contributed by atoms with van der Waals surface area (Å²) in [6, 6.07) is 0.840. The third-order valence-corrected chi connectivity index (χ3v) is 3.33. The highest BCUT2D eigenvalue weighted by molar-refractivity contribution is 4.81. The molecule has 0 aromatic rings. The molecule has 0 aliphatic carbocycles. The molecule has 0 bridgehead atoms. The van der Waals surface area contributed by atoms with Gasteiger partial charge < -0.3 is 0 Å². The zero-order chi connectivity index (χ0) is 11.1. The Morgan fingerprint density at radius 1 is 1.00 bits per heavy atom. The summed E-state index contributed by atoms with van der Waals surface area (Å²) >= 11 is 0. The standard InChI is InChI=1S/C13H28N2/c1-4-7-10-14-11-13(8-5-2)15(12-14)9-6-3/h13H,4-12H2,1-3H3. The molecule has 1 heterocycles. The van der Waals surface area contributed by atoms with E-state index in [2.05, 4.69) is 30.6 Å². The fourth-order valence-corrected chi connectivity index (χ4v) is 2.53. The van der Waals surface area contributed by atoms with Gasteiger partial charge in [0.15, 0.2) is 0 Å². The normalized spacial score (nSPS) is 23.8. The van der Waals surface area contributed by atoms with Gasteiger partial charge in [-0.15, -0.1) is 0 Å². The molecule has 1 aliphatic heterocycles. The lowest BCUT2D eigenvalue weighted by Crippen LogP contribution is -2.31. The number of unbranched alkanes of at least 4 members (excludes halogenated alkanes) is 1. The molecule has 2 heteroatoms. The van der Waals surface area contributed by atoms with Crippen molar-refractivity contribution in [3.63, 3.8) is 0 Å². The molecule has 90 valence electrons. The third kappa shape index (κ3) is 4.12. The van der Waals surface area contributed by atoms with Crippen molar-refractivity contribution in [3.05, 3.63) is 0 Å². The van der Waals surface area contributed by atoms with E-state index in [4.69, 9.17) is 0 Å². The predicted octanol–water partition coefficient (Wildman–Crippen LogP) is 2.94. The summed E-state index contributed by atoms with van der Waals surface area (Å²) in [4.78, 5) is 5.32. The molecule has 0 aromatic heterocycles. The first kappa shape index (κ1) is 13.0. The van der Waals surface area contributed by atoms with Gasteiger partial charge in [-0.1, -0.05) is 33.6 Å². The van der Waals surface area contributed by atoms with Crippen LogP contribution in [0.4, 0.5) is 0 Å². The van der Waals surface area contributed by atoms with Crippen molar-refractivity contribution in [1.82, 2.24) is 9.80 Å². The molecule has 1 aliphatic rings. The highest BCUT2D eigenvalue weighted by atomic mass is 15.4. The molecule has 0 N–H and O–H groups in total. The fourth-order valence-electron chi connectivity index (χ4n) is 2.53. The number of hydrogen-bond donors (Lipinski definition) is 0. The van der Waals surface area contributed by atoms with Crippen molar-refractivity contribution in [1.29, 1.82) is 0 Å². The lowest BCUT2D eigenvalue weighted by Gasteiger charge is -2.21. The van der Waals surface area contributed by atoms with Gasteiger partial charge in [-0.3, -0.25) is 9.80 Å². The minimum absolute atomic E-state index is 0.840. The molecule has 1 fully saturated rings. The van der Waals surface area contributed by atoms with Crippen LogP contribution in [0.5, 0.6) is 0 Å². The van der Waals surface area contributed by atoms with Crippen molar-refractivity contribution < 1.29 is 0 Å². The van der Waals surface area contributed by atoms with Crippen molar-refractivity contribution in [2.24, 2.45) is 0 Å². The van der Waals surface area contributed by atoms with Gasteiger partial charge in [-0.25, -0.2) is 0 Å². The van der Waals surface area contributed by atoms with Crippen LogP contribution in [-0.4, -0.2) is 42.1 Å². The second-order valence-corrected chi connectivity index (χ2v) is 4.83. The van der Waals surface area contributed by atoms with E-state index < -0.39 is 0 Å². The summed E-state index contributed by atoms with van der Waals surface area (Å²) < 4.78 is 0. The van der Waals surface area contributed by atoms with E-state index in [1.165, 1.54) is 58.4 Å². The maximum absolute atomic E-state index is 2.68. The number of hydrogen-bond acceptors (Lipinski definition) is 2. The summed E-state index contributed by atoms with van der Waals surface area (Å²) in [6.07, 6.45) is 6.68. The van der Waals surface area contributed by atoms with E-state index in [1.54, 1.807) is 0 Å². The lowest BCUT2D eigenvalue weighted by atomic mass is 10.1. The Balaban J connectivity index is 2.34. The average Bonchev–Trinajstić information content (AvgIpc) is 2.59. The van der Waals surface area contributed by atoms with Gasteiger partial charge in [-0.2, -0.15) is 0 Å². The maximum Gasteiger partial charge on any atom is 0.0510 e. The topological polar surface area (TPSA) is 6.48 Å². The summed E-state index contributed by atoms with van der Waals surface area (Å²) in [5, 5.41) is 0. The first-order chi connectivity index (χ1) is 7.31. The van der Waals surface area contributed by atoms with Crippen LogP contribution >= 0.6 is 0 Å². The van der Waals surface area contributed by atoms with Crippen molar-refractivity contribution >= 4 is 0 Å². The number of nitrogens with zero attached hydrogens (tertiary/aromatic N) is 2. The quantitative estimate of drug-likeness (QED) is 0.640. The molecule has 0 saturated carbocycles. The third-order valence-electron chi connectivity index (χ3n) is 3.33. The van der Waals surface area contributed by atoms with Gasteiger partial charge in [0, 0.05) is 12.6 Å². The van der Waals surface area contributed by atoms with Crippen LogP contribution in [0, 0.1) is 0 Å². The first-order valence-electron chi connectivity index (χ1n) is 6.78. The molecule has 1 atom stereocenters. The molecule has 0 aromatic carbocycles. The van der Waals surface area contributed by atoms with Gasteiger partial charge in [-0.05, 0) is 32.4 Å². The highest BCUT2D eigenvalue weighted by Gasteiger charge is 2.27. The molecule has 15 heavy (non-hydrogen) atoms. The van der Waals surface area contributed by atoms with Gasteiger partial charge >= 0.3 is 0 Å². The van der Waals surface area contributed by atoms with Gasteiger partial charge in [0.05, 0.1) is 6.67 Å². The van der Waals surface area contributed by atoms with E-state index in [0.717, 1.165) is 6.04 Å². The molecule has 2 nitrogen and oxygen atoms in total. The fraction of sp³-hybridized carbons (Fsp3) is 1.00. The Labute approximate surface area is 95.6 Å². The SMILES string of the molecule is CCCCN1CC(CCC)N(CCC)C1. The van der Waals surface area contributed by atoms with E-state index in [1.807, 2.05) is 0 Å². The minimum atomic E-state index is 0.840. The van der Waals surface area contributed by atoms with E-state index in [-0.39, 0.29) is 0 Å². The van der Waals surface area contributed by atoms with Gasteiger partial charge in [0.2, 0.25) is 0 Å². The first-order valence-corrected chi connectivity index (χ1v) is 6.78. The zero-order valence-electron chi connectivity index (χ0n) is 10.8. The van der Waals surface area contributed by atoms with Crippen LogP contribution in [0.2, 0.25) is 0 Å². The predicted molar refractivity (Wildman–Crippen MR) is 67.0 cm³/mol. The average molecular weight is 212 g/mol. The second kappa shape index (κ2) is 7.24. The number of rotatable bonds is 7. The van der Waals surface area contributed by atoms with E-state index in [9.17, 15) is 0 Å². The van der Waals surface area contributed by atoms with Crippen LogP contribution in [0.25, 0.3) is 0 Å². The van der Waals surface area contributed by atoms with Gasteiger partial charge in [0.1, 0.15) is 0 Å². The molecule has 0 amide bonds. The van der Waals surface area contributed by atoms with E-state index >= 15 is 0 Å². The van der Waals surface area contributed by atoms with Crippen LogP contribution in [0.3, 0.4) is 0 Å². The summed E-state index contributed by atoms with van der Waals surface area (Å²) in [7, 11) is 0. The Bertz CT molecular complexity index is 145. The molecule has 0 spiro atoms. The second-order valence-electron chi connectivity index (χ2n) is 4.83. The van der Waals surface area contributed by atoms with Crippen LogP contribution in [0.1, 0.15) is 52.9 Å². The van der Waals surface area contributed by atoms with Crippen LogP contribution in [0.15, 0.2) is 0 Å². The molecular formula is C13H28N2. The maximum atomic E-state index is 2.68. The Kier molecular flexibility index (Phi) is 6.26. The Hall–Kier alpha value is -0.0800. The zero-order valence-corrected chi connectivity index (χ0v) is 10.8. The summed E-state index contributed by atoms with van der Waals surface area (Å²) in [6.45, 7) is 12.0. The van der Waals surface area contributed by atoms with E-state index in [0.29, 0.717) is 0 Å². The Morgan fingerprint density at radius 2 is 1.80 bits per heavy atom. The van der Waals surface area contributed by atoms with Crippen molar-refractivity contribution in [3.8, 4) is 0 Å². The molecule has 1 rings (SSSR count). The van der Waals surface area contributed by atoms with Crippen molar-refractivity contribution in [2.45, 2.75) is 58.9 Å². The molecule has 0 radical (unpaired) electrons. The monoisotopic (exact) mass is 212 g/mol. The Morgan fingerprint density at radius 3 is 2.40 bits per heavy atom. The molecular weight excluding hydrogens is 184 g/mol. The van der Waals surface area contributed by atoms with Gasteiger partial charge in [0.25, 0.3) is 0 Å². The van der Waals surface area contributed by atoms with Crippen LogP contribution in [-0.2, 0) is 0 Å². The summed E-state index contributed by atoms with van der Waals surface area (Å²) in [5.74, 6) is 0. The van der Waals surface area contributed by atoms with Crippen LogP contribution < -0.4 is 0 Å². The largest absolute Gasteiger partial charge is 0.289 e. The molecule has 1 unspecified atom stereocenters. The lowest BCUT2D eigenvalue weighted by molar-refractivity contribution is 0.215.